The van der Waals surface area contributed by atoms with Crippen molar-refractivity contribution < 1.29 is 9.53 Å². The second kappa shape index (κ2) is 9.94. The van der Waals surface area contributed by atoms with Crippen LogP contribution in [0.2, 0.25) is 5.02 Å². The van der Waals surface area contributed by atoms with E-state index < -0.39 is 0 Å². The van der Waals surface area contributed by atoms with Crippen LogP contribution >= 0.6 is 27.5 Å². The number of nitrogens with one attached hydrogen (secondary N) is 1. The highest BCUT2D eigenvalue weighted by Crippen LogP contribution is 2.24. The van der Waals surface area contributed by atoms with E-state index in [0.717, 1.165) is 34.4 Å². The number of rotatable bonds is 8. The number of carbonyl (C=O) groups is 1. The van der Waals surface area contributed by atoms with Gasteiger partial charge in [0.05, 0.1) is 15.2 Å². The van der Waals surface area contributed by atoms with Gasteiger partial charge in [0.25, 0.3) is 5.91 Å². The van der Waals surface area contributed by atoms with Gasteiger partial charge in [0.2, 0.25) is 0 Å². The second-order valence-electron chi connectivity index (χ2n) is 6.74. The Balaban J connectivity index is 1.50. The van der Waals surface area contributed by atoms with Crippen molar-refractivity contribution in [3.63, 3.8) is 0 Å². The molecule has 0 bridgehead atoms. The Morgan fingerprint density at radius 1 is 1.21 bits per heavy atom. The Kier molecular flexibility index (Phi) is 7.34. The van der Waals surface area contributed by atoms with Crippen LogP contribution in [-0.2, 0) is 13.2 Å². The topological polar surface area (TPSA) is 56.2 Å². The van der Waals surface area contributed by atoms with Crippen LogP contribution in [0.4, 0.5) is 0 Å². The number of benzene rings is 2. The fourth-order valence-electron chi connectivity index (χ4n) is 2.95. The SMILES string of the molecule is Cc1nn(CCCNC(=O)c2cccc(COc3ccccc3Cl)c2)c(C)c1Br. The maximum absolute atomic E-state index is 12.5. The van der Waals surface area contributed by atoms with E-state index in [4.69, 9.17) is 16.3 Å². The van der Waals surface area contributed by atoms with Crippen molar-refractivity contribution in [2.45, 2.75) is 33.4 Å². The molecule has 0 aliphatic heterocycles. The first-order chi connectivity index (χ1) is 14.0. The standard InChI is InChI=1S/C22H23BrClN3O2/c1-15-21(23)16(2)27(26-15)12-6-11-25-22(28)18-8-5-7-17(13-18)14-29-20-10-4-3-9-19(20)24/h3-5,7-10,13H,6,11-12,14H2,1-2H3,(H,25,28). The molecule has 0 fully saturated rings. The molecule has 0 spiro atoms. The highest BCUT2D eigenvalue weighted by Gasteiger charge is 2.09. The Morgan fingerprint density at radius 2 is 2.00 bits per heavy atom. The fraction of sp³-hybridized carbons (Fsp3) is 0.273. The first-order valence-corrected chi connectivity index (χ1v) is 10.6. The molecule has 0 atom stereocenters. The van der Waals surface area contributed by atoms with Gasteiger partial charge in [-0.05, 0) is 66.0 Å². The minimum Gasteiger partial charge on any atom is -0.487 e. The van der Waals surface area contributed by atoms with Crippen LogP contribution in [0.3, 0.4) is 0 Å². The van der Waals surface area contributed by atoms with E-state index in [0.29, 0.717) is 29.5 Å². The van der Waals surface area contributed by atoms with Crippen LogP contribution in [0.1, 0.15) is 33.7 Å². The van der Waals surface area contributed by atoms with Crippen molar-refractivity contribution in [1.82, 2.24) is 15.1 Å². The highest BCUT2D eigenvalue weighted by molar-refractivity contribution is 9.10. The number of amides is 1. The number of hydrogen-bond acceptors (Lipinski definition) is 3. The summed E-state index contributed by atoms with van der Waals surface area (Å²) in [6.07, 6.45) is 0.801. The summed E-state index contributed by atoms with van der Waals surface area (Å²) in [6.45, 7) is 5.67. The van der Waals surface area contributed by atoms with E-state index in [-0.39, 0.29) is 5.91 Å². The average Bonchev–Trinajstić information content (AvgIpc) is 2.97. The molecule has 0 aliphatic rings. The van der Waals surface area contributed by atoms with E-state index in [1.807, 2.05) is 54.9 Å². The monoisotopic (exact) mass is 475 g/mol. The largest absolute Gasteiger partial charge is 0.487 e. The van der Waals surface area contributed by atoms with Crippen LogP contribution in [0.15, 0.2) is 53.0 Å². The molecule has 3 aromatic rings. The maximum Gasteiger partial charge on any atom is 0.251 e. The molecular weight excluding hydrogens is 454 g/mol. The Bertz CT molecular complexity index is 1000. The highest BCUT2D eigenvalue weighted by atomic mass is 79.9. The van der Waals surface area contributed by atoms with E-state index >= 15 is 0 Å². The molecule has 0 aliphatic carbocycles. The second-order valence-corrected chi connectivity index (χ2v) is 7.94. The Labute approximate surface area is 184 Å². The zero-order valence-corrected chi connectivity index (χ0v) is 18.8. The summed E-state index contributed by atoms with van der Waals surface area (Å²) in [7, 11) is 0. The maximum atomic E-state index is 12.5. The third-order valence-corrected chi connectivity index (χ3v) is 6.01. The van der Waals surface area contributed by atoms with Crippen molar-refractivity contribution in [3.8, 4) is 5.75 Å². The summed E-state index contributed by atoms with van der Waals surface area (Å²) in [4.78, 5) is 12.5. The number of aromatic nitrogens is 2. The minimum atomic E-state index is -0.0980. The molecular formula is C22H23BrClN3O2. The van der Waals surface area contributed by atoms with Crippen LogP contribution in [-0.4, -0.2) is 22.2 Å². The lowest BCUT2D eigenvalue weighted by molar-refractivity contribution is 0.0952. The summed E-state index contributed by atoms with van der Waals surface area (Å²) < 4.78 is 8.75. The summed E-state index contributed by atoms with van der Waals surface area (Å²) >= 11 is 9.64. The molecule has 0 saturated carbocycles. The number of carbonyl (C=O) groups excluding carboxylic acids is 1. The van der Waals surface area contributed by atoms with Gasteiger partial charge >= 0.3 is 0 Å². The van der Waals surface area contributed by atoms with Crippen molar-refractivity contribution in [2.24, 2.45) is 0 Å². The van der Waals surface area contributed by atoms with Gasteiger partial charge in [0.15, 0.2) is 0 Å². The van der Waals surface area contributed by atoms with Crippen molar-refractivity contribution in [1.29, 1.82) is 0 Å². The summed E-state index contributed by atoms with van der Waals surface area (Å²) in [5, 5.41) is 8.01. The minimum absolute atomic E-state index is 0.0980. The number of nitrogens with zero attached hydrogens (tertiary/aromatic N) is 2. The van der Waals surface area contributed by atoms with Crippen LogP contribution in [0.25, 0.3) is 0 Å². The smallest absolute Gasteiger partial charge is 0.251 e. The lowest BCUT2D eigenvalue weighted by atomic mass is 10.1. The van der Waals surface area contributed by atoms with Gasteiger partial charge in [0.1, 0.15) is 12.4 Å². The average molecular weight is 477 g/mol. The first kappa shape index (κ1) is 21.4. The normalized spacial score (nSPS) is 10.8. The van der Waals surface area contributed by atoms with Gasteiger partial charge in [-0.1, -0.05) is 35.9 Å². The Morgan fingerprint density at radius 3 is 2.72 bits per heavy atom. The van der Waals surface area contributed by atoms with Crippen LogP contribution < -0.4 is 10.1 Å². The lowest BCUT2D eigenvalue weighted by Gasteiger charge is -2.10. The molecule has 1 amide bonds. The molecule has 5 nitrogen and oxygen atoms in total. The molecule has 0 radical (unpaired) electrons. The lowest BCUT2D eigenvalue weighted by Crippen LogP contribution is -2.25. The third kappa shape index (κ3) is 5.61. The molecule has 1 aromatic heterocycles. The summed E-state index contributed by atoms with van der Waals surface area (Å²) in [5.74, 6) is 0.527. The van der Waals surface area contributed by atoms with Gasteiger partial charge in [-0.25, -0.2) is 0 Å². The van der Waals surface area contributed by atoms with Crippen molar-refractivity contribution in [2.75, 3.05) is 6.54 Å². The Hall–Kier alpha value is -2.31. The van der Waals surface area contributed by atoms with E-state index in [1.54, 1.807) is 12.1 Å². The number of hydrogen-bond donors (Lipinski definition) is 1. The van der Waals surface area contributed by atoms with Crippen molar-refractivity contribution >= 4 is 33.4 Å². The molecule has 7 heteroatoms. The number of para-hydroxylation sites is 1. The summed E-state index contributed by atoms with van der Waals surface area (Å²) in [5.41, 5.74) is 3.59. The molecule has 29 heavy (non-hydrogen) atoms. The fourth-order valence-corrected chi connectivity index (χ4v) is 3.43. The molecule has 0 unspecified atom stereocenters. The van der Waals surface area contributed by atoms with Gasteiger partial charge < -0.3 is 10.1 Å². The zero-order chi connectivity index (χ0) is 20.8. The van der Waals surface area contributed by atoms with Crippen LogP contribution in [0, 0.1) is 13.8 Å². The molecule has 152 valence electrons. The quantitative estimate of drug-likeness (QED) is 0.448. The first-order valence-electron chi connectivity index (χ1n) is 9.39. The summed E-state index contributed by atoms with van der Waals surface area (Å²) in [6, 6.07) is 14.7. The molecule has 0 saturated heterocycles. The molecule has 2 aromatic carbocycles. The molecule has 1 N–H and O–H groups in total. The molecule has 3 rings (SSSR count). The van der Waals surface area contributed by atoms with Gasteiger partial charge in [-0.3, -0.25) is 9.48 Å². The van der Waals surface area contributed by atoms with Gasteiger partial charge in [-0.15, -0.1) is 0 Å². The van der Waals surface area contributed by atoms with Gasteiger partial charge in [0, 0.05) is 24.3 Å². The van der Waals surface area contributed by atoms with Gasteiger partial charge in [-0.2, -0.15) is 5.10 Å². The molecule has 1 heterocycles. The number of aryl methyl sites for hydroxylation is 2. The predicted octanol–water partition coefficient (Wildman–Crippen LogP) is 5.31. The van der Waals surface area contributed by atoms with E-state index in [2.05, 4.69) is 26.3 Å². The number of halogens is 2. The zero-order valence-electron chi connectivity index (χ0n) is 16.4. The van der Waals surface area contributed by atoms with E-state index in [9.17, 15) is 4.79 Å². The van der Waals surface area contributed by atoms with E-state index in [1.165, 1.54) is 0 Å². The van der Waals surface area contributed by atoms with Crippen molar-refractivity contribution in [3.05, 3.63) is 80.5 Å². The predicted molar refractivity (Wildman–Crippen MR) is 119 cm³/mol. The third-order valence-electron chi connectivity index (χ3n) is 4.55. The number of ether oxygens (including phenoxy) is 1. The van der Waals surface area contributed by atoms with Crippen LogP contribution in [0.5, 0.6) is 5.75 Å².